The van der Waals surface area contributed by atoms with Gasteiger partial charge in [-0.2, -0.15) is 0 Å². The molecule has 0 unspecified atom stereocenters. The van der Waals surface area contributed by atoms with Crippen molar-refractivity contribution in [1.29, 1.82) is 0 Å². The van der Waals surface area contributed by atoms with Crippen molar-refractivity contribution in [3.63, 3.8) is 0 Å². The van der Waals surface area contributed by atoms with Crippen molar-refractivity contribution in [3.8, 4) is 61.8 Å². The molecular weight excluding hydrogens is 588 g/mol. The highest BCUT2D eigenvalue weighted by molar-refractivity contribution is 5.95. The lowest BCUT2D eigenvalue weighted by molar-refractivity contribution is 0.444. The average Bonchev–Trinajstić information content (AvgIpc) is 3.52. The zero-order chi connectivity index (χ0) is 33.6. The number of phenols is 1. The molecule has 2 aromatic heterocycles. The molecule has 4 nitrogen and oxygen atoms in total. The van der Waals surface area contributed by atoms with Crippen molar-refractivity contribution in [3.05, 3.63) is 139 Å². The normalized spacial score (nSPS) is 12.0. The molecule has 4 heteroatoms. The van der Waals surface area contributed by atoms with Crippen LogP contribution in [0.2, 0.25) is 0 Å². The van der Waals surface area contributed by atoms with E-state index in [4.69, 9.17) is 14.4 Å². The lowest BCUT2D eigenvalue weighted by Crippen LogP contribution is -2.17. The van der Waals surface area contributed by atoms with Gasteiger partial charge in [-0.1, -0.05) is 120 Å². The number of aromatic hydroxyl groups is 1. The molecule has 0 radical (unpaired) electrons. The standard InChI is InChI=1S/C44H40N2O2/c1-43(2,3)34-26-36(41(47)37(27-34)44(4,5)6)42-46-40-35(18-13-19-39(40)48-42)32-22-31(29-16-11-8-12-17-29)23-33(24-32)38-25-30(20-21-45-38)28-14-9-7-10-15-28/h7-27,47H,1-6H3. The van der Waals surface area contributed by atoms with Crippen LogP contribution in [-0.2, 0) is 10.8 Å². The molecule has 238 valence electrons. The van der Waals surface area contributed by atoms with Crippen molar-refractivity contribution in [2.24, 2.45) is 0 Å². The van der Waals surface area contributed by atoms with Crippen molar-refractivity contribution in [1.82, 2.24) is 9.97 Å². The van der Waals surface area contributed by atoms with E-state index >= 15 is 0 Å². The minimum Gasteiger partial charge on any atom is -0.507 e. The number of hydrogen-bond acceptors (Lipinski definition) is 4. The highest BCUT2D eigenvalue weighted by atomic mass is 16.3. The molecule has 0 aliphatic carbocycles. The lowest BCUT2D eigenvalue weighted by atomic mass is 9.79. The summed E-state index contributed by atoms with van der Waals surface area (Å²) in [5.74, 6) is 0.615. The number of nitrogens with zero attached hydrogens (tertiary/aromatic N) is 2. The van der Waals surface area contributed by atoms with E-state index in [0.717, 1.165) is 61.3 Å². The third-order valence-corrected chi connectivity index (χ3v) is 8.95. The van der Waals surface area contributed by atoms with Crippen LogP contribution in [0.1, 0.15) is 52.7 Å². The van der Waals surface area contributed by atoms with Gasteiger partial charge in [-0.25, -0.2) is 4.98 Å². The smallest absolute Gasteiger partial charge is 0.231 e. The van der Waals surface area contributed by atoms with Gasteiger partial charge in [0.25, 0.3) is 0 Å². The van der Waals surface area contributed by atoms with Crippen LogP contribution in [-0.4, -0.2) is 15.1 Å². The Balaban J connectivity index is 1.41. The molecular formula is C44H40N2O2. The summed E-state index contributed by atoms with van der Waals surface area (Å²) in [5.41, 5.74) is 11.9. The quantitative estimate of drug-likeness (QED) is 0.206. The summed E-state index contributed by atoms with van der Waals surface area (Å²) in [4.78, 5) is 9.90. The second-order valence-electron chi connectivity index (χ2n) is 14.6. The molecule has 0 bridgehead atoms. The van der Waals surface area contributed by atoms with E-state index < -0.39 is 0 Å². The van der Waals surface area contributed by atoms with Gasteiger partial charge in [0, 0.05) is 22.9 Å². The van der Waals surface area contributed by atoms with E-state index in [1.54, 1.807) is 0 Å². The van der Waals surface area contributed by atoms with Crippen molar-refractivity contribution >= 4 is 11.1 Å². The summed E-state index contributed by atoms with van der Waals surface area (Å²) in [6.07, 6.45) is 1.88. The van der Waals surface area contributed by atoms with Crippen molar-refractivity contribution in [2.75, 3.05) is 0 Å². The van der Waals surface area contributed by atoms with E-state index in [0.29, 0.717) is 17.0 Å². The van der Waals surface area contributed by atoms with E-state index in [9.17, 15) is 5.11 Å². The highest BCUT2D eigenvalue weighted by Crippen LogP contribution is 2.44. The van der Waals surface area contributed by atoms with Gasteiger partial charge in [-0.15, -0.1) is 0 Å². The van der Waals surface area contributed by atoms with E-state index in [2.05, 4.69) is 126 Å². The molecule has 0 fully saturated rings. The first-order valence-corrected chi connectivity index (χ1v) is 16.5. The predicted octanol–water partition coefficient (Wildman–Crippen LogP) is 11.9. The molecule has 5 aromatic carbocycles. The van der Waals surface area contributed by atoms with Gasteiger partial charge in [0.15, 0.2) is 5.58 Å². The van der Waals surface area contributed by atoms with Crippen molar-refractivity contribution in [2.45, 2.75) is 52.4 Å². The van der Waals surface area contributed by atoms with Crippen molar-refractivity contribution < 1.29 is 9.52 Å². The summed E-state index contributed by atoms with van der Waals surface area (Å²) in [5, 5.41) is 11.6. The summed E-state index contributed by atoms with van der Waals surface area (Å²) in [6.45, 7) is 12.9. The first kappa shape index (κ1) is 31.1. The Labute approximate surface area is 282 Å². The van der Waals surface area contributed by atoms with Crippen LogP contribution >= 0.6 is 0 Å². The van der Waals surface area contributed by atoms with E-state index in [1.807, 2.05) is 42.6 Å². The van der Waals surface area contributed by atoms with Crippen LogP contribution in [0.25, 0.3) is 67.2 Å². The van der Waals surface area contributed by atoms with Gasteiger partial charge in [-0.3, -0.25) is 4.98 Å². The maximum absolute atomic E-state index is 11.6. The Morgan fingerprint density at radius 2 is 1.19 bits per heavy atom. The molecule has 48 heavy (non-hydrogen) atoms. The third-order valence-electron chi connectivity index (χ3n) is 8.95. The molecule has 0 atom stereocenters. The van der Waals surface area contributed by atoms with Crippen LogP contribution in [0, 0.1) is 0 Å². The predicted molar refractivity (Wildman–Crippen MR) is 198 cm³/mol. The van der Waals surface area contributed by atoms with Gasteiger partial charge < -0.3 is 9.52 Å². The molecule has 0 aliphatic heterocycles. The van der Waals surface area contributed by atoms with Gasteiger partial charge in [0.05, 0.1) is 11.3 Å². The van der Waals surface area contributed by atoms with E-state index in [1.165, 1.54) is 0 Å². The average molecular weight is 629 g/mol. The largest absolute Gasteiger partial charge is 0.507 e. The van der Waals surface area contributed by atoms with Gasteiger partial charge in [0.2, 0.25) is 5.89 Å². The first-order valence-electron chi connectivity index (χ1n) is 16.5. The monoisotopic (exact) mass is 628 g/mol. The zero-order valence-corrected chi connectivity index (χ0v) is 28.4. The summed E-state index contributed by atoms with van der Waals surface area (Å²) in [7, 11) is 0. The molecule has 0 amide bonds. The van der Waals surface area contributed by atoms with E-state index in [-0.39, 0.29) is 16.6 Å². The minimum absolute atomic E-state index is 0.125. The third kappa shape index (κ3) is 6.02. The fourth-order valence-electron chi connectivity index (χ4n) is 6.23. The van der Waals surface area contributed by atoms with Gasteiger partial charge >= 0.3 is 0 Å². The van der Waals surface area contributed by atoms with Gasteiger partial charge in [0.1, 0.15) is 11.3 Å². The second kappa shape index (κ2) is 12.0. The highest BCUT2D eigenvalue weighted by Gasteiger charge is 2.27. The minimum atomic E-state index is -0.266. The Kier molecular flexibility index (Phi) is 7.75. The number of benzene rings is 5. The lowest BCUT2D eigenvalue weighted by Gasteiger charge is -2.27. The Bertz CT molecular complexity index is 2250. The number of phenolic OH excluding ortho intramolecular Hbond substituents is 1. The molecule has 0 spiro atoms. The molecule has 2 heterocycles. The first-order chi connectivity index (χ1) is 23.0. The number of fused-ring (bicyclic) bond motifs is 1. The topological polar surface area (TPSA) is 59.2 Å². The molecule has 1 N–H and O–H groups in total. The molecule has 0 saturated carbocycles. The molecule has 7 rings (SSSR count). The maximum Gasteiger partial charge on any atom is 0.231 e. The van der Waals surface area contributed by atoms with Crippen LogP contribution in [0.3, 0.4) is 0 Å². The van der Waals surface area contributed by atoms with Crippen LogP contribution in [0.15, 0.2) is 132 Å². The molecule has 0 saturated heterocycles. The number of pyridine rings is 1. The molecule has 7 aromatic rings. The Morgan fingerprint density at radius 3 is 1.85 bits per heavy atom. The Morgan fingerprint density at radius 1 is 0.542 bits per heavy atom. The maximum atomic E-state index is 11.6. The number of aromatic nitrogens is 2. The number of rotatable bonds is 5. The summed E-state index contributed by atoms with van der Waals surface area (Å²) < 4.78 is 6.44. The zero-order valence-electron chi connectivity index (χ0n) is 28.4. The SMILES string of the molecule is CC(C)(C)c1cc(-c2nc3c(-c4cc(-c5ccccc5)cc(-c5cc(-c6ccccc6)ccn5)c4)cccc3o2)c(O)c(C(C)(C)C)c1. The summed E-state index contributed by atoms with van der Waals surface area (Å²) >= 11 is 0. The fourth-order valence-corrected chi connectivity index (χ4v) is 6.23. The van der Waals surface area contributed by atoms with Crippen LogP contribution in [0.5, 0.6) is 5.75 Å². The number of oxazole rings is 1. The fraction of sp³-hybridized carbons (Fsp3) is 0.182. The van der Waals surface area contributed by atoms with Crippen LogP contribution < -0.4 is 0 Å². The molecule has 0 aliphatic rings. The second-order valence-corrected chi connectivity index (χ2v) is 14.6. The van der Waals surface area contributed by atoms with Gasteiger partial charge in [-0.05, 0) is 86.7 Å². The summed E-state index contributed by atoms with van der Waals surface area (Å²) in [6, 6.07) is 41.7. The number of hydrogen-bond donors (Lipinski definition) is 1. The Hall–Kier alpha value is -5.48. The van der Waals surface area contributed by atoms with Crippen LogP contribution in [0.4, 0.5) is 0 Å². The number of para-hydroxylation sites is 1.